The van der Waals surface area contributed by atoms with E-state index in [0.29, 0.717) is 36.0 Å². The fraction of sp³-hybridized carbons (Fsp3) is 0.538. The number of likely N-dealkylation sites (N-methyl/N-ethyl adjacent to an activating group) is 1. The number of piperazine rings is 1. The molecule has 1 fully saturated rings. The van der Waals surface area contributed by atoms with Gasteiger partial charge < -0.3 is 19.9 Å². The van der Waals surface area contributed by atoms with Crippen LogP contribution in [0.15, 0.2) is 30.6 Å². The molecule has 0 bridgehead atoms. The van der Waals surface area contributed by atoms with Crippen LogP contribution in [0.4, 0.5) is 17.5 Å². The molecule has 0 spiro atoms. The monoisotopic (exact) mass is 542 g/mol. The second-order valence-electron chi connectivity index (χ2n) is 11.1. The predicted molar refractivity (Wildman–Crippen MR) is 154 cm³/mol. The van der Waals surface area contributed by atoms with E-state index in [1.54, 1.807) is 10.9 Å². The smallest absolute Gasteiger partial charge is 0.228 e. The second kappa shape index (κ2) is 11.9. The number of hydrogen-bond acceptors (Lipinski definition) is 8. The highest BCUT2D eigenvalue weighted by molar-refractivity contribution is 6.76. The maximum atomic E-state index is 6.82. The van der Waals surface area contributed by atoms with E-state index in [9.17, 15) is 0 Å². The molecule has 0 amide bonds. The number of nitrogens with one attached hydrogen (secondary N) is 1. The van der Waals surface area contributed by atoms with Gasteiger partial charge in [0, 0.05) is 47.1 Å². The third kappa shape index (κ3) is 7.28. The Hall–Kier alpha value is -2.53. The number of anilines is 3. The molecule has 0 saturated carbocycles. The lowest BCUT2D eigenvalue weighted by atomic mass is 10.0. The topological polar surface area (TPSA) is 84.2 Å². The SMILES string of the molecule is CC(C)c1nn(COCC[Si](C)(C)C)c(Cl)c1-c1ccnc(Nc2ccc(N3CCN(C)CC3)cn2)n1. The molecule has 11 heteroatoms. The molecule has 37 heavy (non-hydrogen) atoms. The molecule has 0 aromatic carbocycles. The van der Waals surface area contributed by atoms with Gasteiger partial charge in [-0.05, 0) is 37.2 Å². The highest BCUT2D eigenvalue weighted by Crippen LogP contribution is 2.34. The molecule has 4 heterocycles. The molecule has 3 aromatic heterocycles. The van der Waals surface area contributed by atoms with Crippen molar-refractivity contribution in [3.63, 3.8) is 0 Å². The van der Waals surface area contributed by atoms with Gasteiger partial charge in [-0.1, -0.05) is 45.1 Å². The molecule has 200 valence electrons. The number of pyridine rings is 1. The second-order valence-corrected chi connectivity index (χ2v) is 17.1. The van der Waals surface area contributed by atoms with Crippen molar-refractivity contribution in [3.05, 3.63) is 41.4 Å². The largest absolute Gasteiger partial charge is 0.368 e. The zero-order valence-corrected chi connectivity index (χ0v) is 24.6. The molecule has 9 nitrogen and oxygen atoms in total. The summed E-state index contributed by atoms with van der Waals surface area (Å²) in [6, 6.07) is 7.01. The Labute approximate surface area is 226 Å². The highest BCUT2D eigenvalue weighted by Gasteiger charge is 2.22. The van der Waals surface area contributed by atoms with Gasteiger partial charge in [0.1, 0.15) is 17.7 Å². The van der Waals surface area contributed by atoms with Crippen molar-refractivity contribution in [2.24, 2.45) is 0 Å². The van der Waals surface area contributed by atoms with Crippen LogP contribution in [-0.4, -0.2) is 77.5 Å². The van der Waals surface area contributed by atoms with E-state index < -0.39 is 8.07 Å². The van der Waals surface area contributed by atoms with Crippen LogP contribution in [-0.2, 0) is 11.5 Å². The number of nitrogens with zero attached hydrogens (tertiary/aromatic N) is 7. The first-order valence-corrected chi connectivity index (χ1v) is 17.0. The van der Waals surface area contributed by atoms with Gasteiger partial charge in [0.2, 0.25) is 5.95 Å². The first-order chi connectivity index (χ1) is 17.6. The molecular formula is C26H39ClN8OSi. The molecule has 0 atom stereocenters. The molecule has 1 N–H and O–H groups in total. The van der Waals surface area contributed by atoms with Crippen LogP contribution in [0, 0.1) is 0 Å². The Kier molecular flexibility index (Phi) is 8.84. The van der Waals surface area contributed by atoms with Crippen molar-refractivity contribution in [1.29, 1.82) is 0 Å². The van der Waals surface area contributed by atoms with E-state index in [4.69, 9.17) is 26.4 Å². The lowest BCUT2D eigenvalue weighted by Gasteiger charge is -2.33. The average Bonchev–Trinajstić information content (AvgIpc) is 3.19. The summed E-state index contributed by atoms with van der Waals surface area (Å²) >= 11 is 6.82. The summed E-state index contributed by atoms with van der Waals surface area (Å²) in [7, 11) is 0.996. The molecule has 1 saturated heterocycles. The van der Waals surface area contributed by atoms with E-state index in [-0.39, 0.29) is 5.92 Å². The van der Waals surface area contributed by atoms with Gasteiger partial charge in [-0.3, -0.25) is 0 Å². The highest BCUT2D eigenvalue weighted by atomic mass is 35.5. The maximum absolute atomic E-state index is 6.82. The molecule has 0 unspecified atom stereocenters. The zero-order chi connectivity index (χ0) is 26.6. The third-order valence-electron chi connectivity index (χ3n) is 6.44. The quantitative estimate of drug-likeness (QED) is 0.272. The molecule has 1 aliphatic rings. The van der Waals surface area contributed by atoms with Crippen LogP contribution < -0.4 is 10.2 Å². The van der Waals surface area contributed by atoms with E-state index in [2.05, 4.69) is 71.7 Å². The molecule has 4 rings (SSSR count). The third-order valence-corrected chi connectivity index (χ3v) is 8.53. The van der Waals surface area contributed by atoms with Gasteiger partial charge in [-0.2, -0.15) is 5.10 Å². The van der Waals surface area contributed by atoms with E-state index in [0.717, 1.165) is 49.2 Å². The summed E-state index contributed by atoms with van der Waals surface area (Å²) in [5, 5.41) is 8.52. The van der Waals surface area contributed by atoms with Gasteiger partial charge in [0.15, 0.2) is 0 Å². The summed E-state index contributed by atoms with van der Waals surface area (Å²) in [6.07, 6.45) is 3.63. The van der Waals surface area contributed by atoms with Gasteiger partial charge in [0.25, 0.3) is 0 Å². The van der Waals surface area contributed by atoms with Crippen molar-refractivity contribution in [2.45, 2.75) is 52.2 Å². The summed E-state index contributed by atoms with van der Waals surface area (Å²) < 4.78 is 7.64. The Balaban J connectivity index is 1.48. The lowest BCUT2D eigenvalue weighted by molar-refractivity contribution is 0.0784. The number of rotatable bonds is 10. The Morgan fingerprint density at radius 1 is 1.08 bits per heavy atom. The van der Waals surface area contributed by atoms with Crippen molar-refractivity contribution in [1.82, 2.24) is 29.6 Å². The fourth-order valence-electron chi connectivity index (χ4n) is 4.10. The van der Waals surface area contributed by atoms with Crippen LogP contribution in [0.2, 0.25) is 30.8 Å². The lowest BCUT2D eigenvalue weighted by Crippen LogP contribution is -2.44. The van der Waals surface area contributed by atoms with E-state index >= 15 is 0 Å². The minimum Gasteiger partial charge on any atom is -0.368 e. The maximum Gasteiger partial charge on any atom is 0.228 e. The van der Waals surface area contributed by atoms with Gasteiger partial charge in [-0.15, -0.1) is 0 Å². The van der Waals surface area contributed by atoms with Gasteiger partial charge >= 0.3 is 0 Å². The van der Waals surface area contributed by atoms with Crippen LogP contribution in [0.5, 0.6) is 0 Å². The minimum atomic E-state index is -1.16. The number of hydrogen-bond donors (Lipinski definition) is 1. The first-order valence-electron chi connectivity index (χ1n) is 12.9. The van der Waals surface area contributed by atoms with E-state index in [1.807, 2.05) is 18.3 Å². The summed E-state index contributed by atoms with van der Waals surface area (Å²) in [6.45, 7) is 16.4. The zero-order valence-electron chi connectivity index (χ0n) is 22.8. The molecular weight excluding hydrogens is 504 g/mol. The summed E-state index contributed by atoms with van der Waals surface area (Å²) in [5.41, 5.74) is 3.54. The van der Waals surface area contributed by atoms with E-state index in [1.165, 1.54) is 0 Å². The number of halogens is 1. The Bertz CT molecular complexity index is 1170. The molecule has 0 radical (unpaired) electrons. The van der Waals surface area contributed by atoms with Crippen molar-refractivity contribution in [3.8, 4) is 11.3 Å². The normalized spacial score (nSPS) is 15.0. The average molecular weight is 543 g/mol. The summed E-state index contributed by atoms with van der Waals surface area (Å²) in [4.78, 5) is 18.5. The van der Waals surface area contributed by atoms with Crippen molar-refractivity contribution < 1.29 is 4.74 Å². The number of aromatic nitrogens is 5. The van der Waals surface area contributed by atoms with Crippen LogP contribution in [0.1, 0.15) is 25.5 Å². The Morgan fingerprint density at radius 3 is 2.49 bits per heavy atom. The standard InChI is InChI=1S/C26H39ClN8OSi/c1-19(2)24-23(25(27)35(32-24)18-36-15-16-37(4,5)6)21-9-10-28-26(30-21)31-22-8-7-20(17-29-22)34-13-11-33(3)12-14-34/h7-10,17,19H,11-16,18H2,1-6H3,(H,28,29,30,31). The minimum absolute atomic E-state index is 0.172. The summed E-state index contributed by atoms with van der Waals surface area (Å²) in [5.74, 6) is 1.32. The van der Waals surface area contributed by atoms with Crippen molar-refractivity contribution in [2.75, 3.05) is 50.1 Å². The van der Waals surface area contributed by atoms with Gasteiger partial charge in [-0.25, -0.2) is 19.6 Å². The fourth-order valence-corrected chi connectivity index (χ4v) is 5.14. The van der Waals surface area contributed by atoms with Crippen LogP contribution in [0.3, 0.4) is 0 Å². The Morgan fingerprint density at radius 2 is 1.84 bits per heavy atom. The van der Waals surface area contributed by atoms with Crippen LogP contribution in [0.25, 0.3) is 11.3 Å². The van der Waals surface area contributed by atoms with Crippen molar-refractivity contribution >= 4 is 37.1 Å². The van der Waals surface area contributed by atoms with Crippen LogP contribution >= 0.6 is 11.6 Å². The predicted octanol–water partition coefficient (Wildman–Crippen LogP) is 5.32. The number of ether oxygens (including phenoxy) is 1. The molecule has 3 aromatic rings. The van der Waals surface area contributed by atoms with Gasteiger partial charge in [0.05, 0.1) is 28.8 Å². The molecule has 1 aliphatic heterocycles. The first kappa shape index (κ1) is 27.5. The molecule has 0 aliphatic carbocycles.